The molecule has 1 aromatic carbocycles. The van der Waals surface area contributed by atoms with Gasteiger partial charge in [0.1, 0.15) is 12.6 Å². The molecule has 1 fully saturated rings. The second-order valence-corrected chi connectivity index (χ2v) is 7.71. The highest BCUT2D eigenvalue weighted by Gasteiger charge is 2.41. The van der Waals surface area contributed by atoms with Crippen molar-refractivity contribution in [2.24, 2.45) is 0 Å². The zero-order valence-electron chi connectivity index (χ0n) is 14.7. The first-order valence-corrected chi connectivity index (χ1v) is 9.89. The lowest BCUT2D eigenvalue weighted by molar-refractivity contribution is -0.307. The monoisotopic (exact) mass is 490 g/mol. The molecule has 0 aliphatic carbocycles. The van der Waals surface area contributed by atoms with E-state index in [2.05, 4.69) is 15.9 Å². The molecule has 1 saturated heterocycles. The number of halogens is 2. The van der Waals surface area contributed by atoms with Gasteiger partial charge < -0.3 is 19.4 Å². The first-order valence-electron chi connectivity index (χ1n) is 7.91. The summed E-state index contributed by atoms with van der Waals surface area (Å²) in [6.45, 7) is 2.49. The number of benzene rings is 1. The van der Waals surface area contributed by atoms with Crippen molar-refractivity contribution in [3.8, 4) is 5.75 Å². The van der Waals surface area contributed by atoms with Gasteiger partial charge in [-0.15, -0.1) is 0 Å². The molecule has 28 heavy (non-hydrogen) atoms. The Morgan fingerprint density at radius 3 is 2.64 bits per heavy atom. The van der Waals surface area contributed by atoms with Crippen molar-refractivity contribution in [3.05, 3.63) is 32.1 Å². The van der Waals surface area contributed by atoms with E-state index < -0.39 is 35.7 Å². The largest absolute Gasteiger partial charge is 0.546 e. The van der Waals surface area contributed by atoms with E-state index in [0.717, 1.165) is 4.90 Å². The van der Waals surface area contributed by atoms with Crippen LogP contribution in [0.4, 0.5) is 4.79 Å². The number of thioether (sulfide) groups is 1. The fourth-order valence-electron chi connectivity index (χ4n) is 2.27. The Labute approximate surface area is 177 Å². The third-order valence-corrected chi connectivity index (χ3v) is 5.24. The standard InChI is InChI=1S/C17H15BrClNO7S/c1-3-26-16(24)8(2)20-15(23)12(28-17(20)25)6-9-4-10(18)14(11(19)5-9)27-7-13(21)22/h4-6,8H,3,7H2,1-2H3,(H,21,22)/p-1/b12-6+/t8-/m0/s1. The van der Waals surface area contributed by atoms with Gasteiger partial charge >= 0.3 is 5.97 Å². The molecule has 0 bridgehead atoms. The second-order valence-electron chi connectivity index (χ2n) is 5.45. The van der Waals surface area contributed by atoms with E-state index in [1.54, 1.807) is 13.0 Å². The second kappa shape index (κ2) is 9.44. The number of carbonyl (C=O) groups excluding carboxylic acids is 4. The molecule has 0 radical (unpaired) electrons. The fraction of sp³-hybridized carbons (Fsp3) is 0.294. The van der Waals surface area contributed by atoms with Crippen LogP contribution in [0.3, 0.4) is 0 Å². The fourth-order valence-corrected chi connectivity index (χ4v) is 4.16. The van der Waals surface area contributed by atoms with Gasteiger partial charge in [0.15, 0.2) is 5.75 Å². The summed E-state index contributed by atoms with van der Waals surface area (Å²) in [6.07, 6.45) is 1.43. The lowest BCUT2D eigenvalue weighted by Gasteiger charge is -2.19. The zero-order valence-corrected chi connectivity index (χ0v) is 17.9. The van der Waals surface area contributed by atoms with Crippen LogP contribution in [0, 0.1) is 0 Å². The van der Waals surface area contributed by atoms with E-state index >= 15 is 0 Å². The summed E-state index contributed by atoms with van der Waals surface area (Å²) in [4.78, 5) is 48.0. The first kappa shape index (κ1) is 22.3. The minimum atomic E-state index is -1.41. The Morgan fingerprint density at radius 2 is 2.07 bits per heavy atom. The lowest BCUT2D eigenvalue weighted by atomic mass is 10.2. The SMILES string of the molecule is CCOC(=O)[C@H](C)N1C(=O)S/C(=C/c2cc(Cl)c(OCC(=O)[O-])c(Br)c2)C1=O. The van der Waals surface area contributed by atoms with Crippen molar-refractivity contribution < 1.29 is 33.8 Å². The number of amides is 2. The highest BCUT2D eigenvalue weighted by atomic mass is 79.9. The van der Waals surface area contributed by atoms with Crippen LogP contribution in [0.25, 0.3) is 6.08 Å². The number of aliphatic carboxylic acids is 1. The van der Waals surface area contributed by atoms with E-state index in [9.17, 15) is 24.3 Å². The number of hydrogen-bond acceptors (Lipinski definition) is 8. The van der Waals surface area contributed by atoms with Gasteiger partial charge in [-0.05, 0) is 65.3 Å². The molecule has 2 amide bonds. The number of ether oxygens (including phenoxy) is 2. The van der Waals surface area contributed by atoms with E-state index in [0.29, 0.717) is 21.8 Å². The topological polar surface area (TPSA) is 113 Å². The summed E-state index contributed by atoms with van der Waals surface area (Å²) in [5.74, 6) is -2.60. The van der Waals surface area contributed by atoms with Crippen molar-refractivity contribution in [3.63, 3.8) is 0 Å². The number of carboxylic acid groups (broad SMARTS) is 1. The number of carboxylic acids is 1. The lowest BCUT2D eigenvalue weighted by Crippen LogP contribution is -2.42. The maximum atomic E-state index is 12.6. The molecule has 8 nitrogen and oxygen atoms in total. The molecule has 1 atom stereocenters. The maximum absolute atomic E-state index is 12.6. The number of esters is 1. The van der Waals surface area contributed by atoms with Crippen LogP contribution in [0.1, 0.15) is 19.4 Å². The summed E-state index contributed by atoms with van der Waals surface area (Å²) < 4.78 is 10.2. The van der Waals surface area contributed by atoms with Crippen LogP contribution in [-0.2, 0) is 19.1 Å². The Morgan fingerprint density at radius 1 is 1.39 bits per heavy atom. The van der Waals surface area contributed by atoms with E-state index in [1.165, 1.54) is 19.1 Å². The van der Waals surface area contributed by atoms with E-state index in [1.807, 2.05) is 0 Å². The third-order valence-electron chi connectivity index (χ3n) is 3.49. The molecule has 0 aromatic heterocycles. The molecule has 1 heterocycles. The van der Waals surface area contributed by atoms with Crippen LogP contribution < -0.4 is 9.84 Å². The highest BCUT2D eigenvalue weighted by molar-refractivity contribution is 9.10. The van der Waals surface area contributed by atoms with Gasteiger partial charge in [0.2, 0.25) is 0 Å². The van der Waals surface area contributed by atoms with Gasteiger partial charge in [-0.3, -0.25) is 14.5 Å². The van der Waals surface area contributed by atoms with Crippen LogP contribution >= 0.6 is 39.3 Å². The molecule has 0 unspecified atom stereocenters. The average Bonchev–Trinajstić information content (AvgIpc) is 2.87. The molecular formula is C17H14BrClNO7S-. The number of rotatable bonds is 7. The molecule has 1 aromatic rings. The predicted molar refractivity (Wildman–Crippen MR) is 104 cm³/mol. The average molecular weight is 492 g/mol. The minimum absolute atomic E-state index is 0.0981. The minimum Gasteiger partial charge on any atom is -0.546 e. The van der Waals surface area contributed by atoms with Crippen molar-refractivity contribution in [1.29, 1.82) is 0 Å². The summed E-state index contributed by atoms with van der Waals surface area (Å²) in [7, 11) is 0. The Bertz CT molecular complexity index is 850. The van der Waals surface area contributed by atoms with E-state index in [-0.39, 0.29) is 22.3 Å². The summed E-state index contributed by atoms with van der Waals surface area (Å²) in [5, 5.41) is 10.0. The normalized spacial score (nSPS) is 16.4. The Hall–Kier alpha value is -2.04. The van der Waals surface area contributed by atoms with Gasteiger partial charge in [0, 0.05) is 0 Å². The van der Waals surface area contributed by atoms with Crippen LogP contribution in [0.15, 0.2) is 21.5 Å². The third kappa shape index (κ3) is 5.06. The number of imide groups is 1. The van der Waals surface area contributed by atoms with Gasteiger partial charge in [-0.1, -0.05) is 11.6 Å². The molecule has 1 aliphatic rings. The molecule has 150 valence electrons. The highest BCUT2D eigenvalue weighted by Crippen LogP contribution is 2.38. The molecule has 0 spiro atoms. The van der Waals surface area contributed by atoms with Gasteiger partial charge in [0.05, 0.1) is 27.0 Å². The smallest absolute Gasteiger partial charge is 0.329 e. The number of hydrogen-bond donors (Lipinski definition) is 0. The Kier molecular flexibility index (Phi) is 7.50. The van der Waals surface area contributed by atoms with Crippen molar-refractivity contribution >= 4 is 68.5 Å². The van der Waals surface area contributed by atoms with Gasteiger partial charge in [-0.2, -0.15) is 0 Å². The van der Waals surface area contributed by atoms with Crippen LogP contribution in [-0.4, -0.2) is 47.2 Å². The molecular weight excluding hydrogens is 478 g/mol. The number of carbonyl (C=O) groups is 4. The number of nitrogens with zero attached hydrogens (tertiary/aromatic N) is 1. The van der Waals surface area contributed by atoms with Crippen LogP contribution in [0.5, 0.6) is 5.75 Å². The van der Waals surface area contributed by atoms with Gasteiger partial charge in [-0.25, -0.2) is 4.79 Å². The first-order chi connectivity index (χ1) is 13.1. The molecule has 0 N–H and O–H groups in total. The molecule has 1 aliphatic heterocycles. The van der Waals surface area contributed by atoms with Crippen molar-refractivity contribution in [1.82, 2.24) is 4.90 Å². The Balaban J connectivity index is 2.26. The van der Waals surface area contributed by atoms with Crippen molar-refractivity contribution in [2.45, 2.75) is 19.9 Å². The van der Waals surface area contributed by atoms with Gasteiger partial charge in [0.25, 0.3) is 11.1 Å². The maximum Gasteiger partial charge on any atom is 0.329 e. The zero-order chi connectivity index (χ0) is 21.0. The van der Waals surface area contributed by atoms with E-state index in [4.69, 9.17) is 21.1 Å². The molecule has 11 heteroatoms. The quantitative estimate of drug-likeness (QED) is 0.421. The molecule has 0 saturated carbocycles. The summed E-state index contributed by atoms with van der Waals surface area (Å²) in [5.41, 5.74) is 0.465. The van der Waals surface area contributed by atoms with Crippen LogP contribution in [0.2, 0.25) is 5.02 Å². The predicted octanol–water partition coefficient (Wildman–Crippen LogP) is 2.22. The molecule has 2 rings (SSSR count). The summed E-state index contributed by atoms with van der Waals surface area (Å²) in [6, 6.07) is 1.94. The summed E-state index contributed by atoms with van der Waals surface area (Å²) >= 11 is 10.00. The van der Waals surface area contributed by atoms with Crippen molar-refractivity contribution in [2.75, 3.05) is 13.2 Å².